The molecule has 1 aromatic rings. The Morgan fingerprint density at radius 1 is 1.44 bits per heavy atom. The molecule has 0 spiro atoms. The van der Waals surface area contributed by atoms with E-state index in [1.807, 2.05) is 20.8 Å². The fourth-order valence-electron chi connectivity index (χ4n) is 2.15. The number of aryl methyl sites for hydroxylation is 1. The van der Waals surface area contributed by atoms with Gasteiger partial charge in [-0.15, -0.1) is 5.10 Å². The van der Waals surface area contributed by atoms with Gasteiger partial charge in [-0.25, -0.2) is 0 Å². The molecule has 5 nitrogen and oxygen atoms in total. The number of nitrogens with zero attached hydrogens (tertiary/aromatic N) is 3. The van der Waals surface area contributed by atoms with Crippen LogP contribution in [-0.2, 0) is 4.74 Å². The maximum absolute atomic E-state index is 9.21. The lowest BCUT2D eigenvalue weighted by Gasteiger charge is -2.21. The van der Waals surface area contributed by atoms with E-state index in [0.717, 1.165) is 30.7 Å². The highest BCUT2D eigenvalue weighted by molar-refractivity contribution is 5.56. The van der Waals surface area contributed by atoms with Crippen LogP contribution in [0, 0.1) is 25.2 Å². The van der Waals surface area contributed by atoms with Crippen molar-refractivity contribution >= 4 is 5.82 Å². The van der Waals surface area contributed by atoms with E-state index in [1.165, 1.54) is 0 Å². The van der Waals surface area contributed by atoms with Gasteiger partial charge in [-0.1, -0.05) is 0 Å². The van der Waals surface area contributed by atoms with Crippen molar-refractivity contribution < 1.29 is 4.74 Å². The van der Waals surface area contributed by atoms with E-state index >= 15 is 0 Å². The topological polar surface area (TPSA) is 70.8 Å². The normalized spacial score (nSPS) is 20.4. The Labute approximate surface area is 107 Å². The molecule has 0 saturated carbocycles. The van der Waals surface area contributed by atoms with Crippen LogP contribution in [0.4, 0.5) is 5.82 Å². The molecule has 1 fully saturated rings. The molecule has 2 heterocycles. The number of nitrogens with one attached hydrogen (secondary N) is 1. The third kappa shape index (κ3) is 2.44. The molecular weight excluding hydrogens is 228 g/mol. The van der Waals surface area contributed by atoms with Gasteiger partial charge in [0.15, 0.2) is 5.82 Å². The van der Waals surface area contributed by atoms with Crippen molar-refractivity contribution in [3.8, 4) is 6.07 Å². The molecule has 2 atom stereocenters. The highest BCUT2D eigenvalue weighted by Crippen LogP contribution is 2.21. The zero-order valence-electron chi connectivity index (χ0n) is 11.0. The van der Waals surface area contributed by atoms with Gasteiger partial charge in [0, 0.05) is 6.61 Å². The Morgan fingerprint density at radius 3 is 2.83 bits per heavy atom. The summed E-state index contributed by atoms with van der Waals surface area (Å²) in [4.78, 5) is 0. The minimum absolute atomic E-state index is 0.135. The van der Waals surface area contributed by atoms with Crippen LogP contribution in [0.15, 0.2) is 0 Å². The van der Waals surface area contributed by atoms with E-state index in [2.05, 4.69) is 21.6 Å². The maximum atomic E-state index is 9.21. The molecule has 18 heavy (non-hydrogen) atoms. The SMILES string of the molecule is Cc1nnc(NC(C)C2CCCO2)c(C#N)c1C. The number of anilines is 1. The molecule has 0 amide bonds. The summed E-state index contributed by atoms with van der Waals surface area (Å²) in [5.41, 5.74) is 2.25. The van der Waals surface area contributed by atoms with Crippen molar-refractivity contribution in [3.05, 3.63) is 16.8 Å². The lowest BCUT2D eigenvalue weighted by molar-refractivity contribution is 0.0995. The fraction of sp³-hybridized carbons (Fsp3) is 0.615. The van der Waals surface area contributed by atoms with Crippen LogP contribution in [0.25, 0.3) is 0 Å². The van der Waals surface area contributed by atoms with Crippen LogP contribution in [0.1, 0.15) is 36.6 Å². The lowest BCUT2D eigenvalue weighted by atomic mass is 10.1. The van der Waals surface area contributed by atoms with Crippen LogP contribution >= 0.6 is 0 Å². The smallest absolute Gasteiger partial charge is 0.167 e. The Morgan fingerprint density at radius 2 is 2.22 bits per heavy atom. The number of hydrogen-bond donors (Lipinski definition) is 1. The van der Waals surface area contributed by atoms with Gasteiger partial charge >= 0.3 is 0 Å². The summed E-state index contributed by atoms with van der Waals surface area (Å²) < 4.78 is 5.62. The van der Waals surface area contributed by atoms with E-state index < -0.39 is 0 Å². The molecule has 1 aliphatic heterocycles. The summed E-state index contributed by atoms with van der Waals surface area (Å²) in [6.07, 6.45) is 2.34. The quantitative estimate of drug-likeness (QED) is 0.882. The van der Waals surface area contributed by atoms with Crippen LogP contribution in [0.5, 0.6) is 0 Å². The minimum atomic E-state index is 0.135. The van der Waals surface area contributed by atoms with Gasteiger partial charge in [0.05, 0.1) is 17.8 Å². The second kappa shape index (κ2) is 5.32. The highest BCUT2D eigenvalue weighted by Gasteiger charge is 2.23. The first-order chi connectivity index (χ1) is 8.63. The van der Waals surface area contributed by atoms with Crippen LogP contribution < -0.4 is 5.32 Å². The van der Waals surface area contributed by atoms with Crippen LogP contribution in [0.3, 0.4) is 0 Å². The molecule has 0 radical (unpaired) electrons. The summed E-state index contributed by atoms with van der Waals surface area (Å²) >= 11 is 0. The molecule has 5 heteroatoms. The van der Waals surface area contributed by atoms with Crippen molar-refractivity contribution in [1.82, 2.24) is 10.2 Å². The van der Waals surface area contributed by atoms with Crippen molar-refractivity contribution in [2.45, 2.75) is 45.8 Å². The third-order valence-electron chi connectivity index (χ3n) is 3.45. The van der Waals surface area contributed by atoms with Gasteiger partial charge in [0.25, 0.3) is 0 Å². The van der Waals surface area contributed by atoms with Crippen molar-refractivity contribution in [3.63, 3.8) is 0 Å². The average Bonchev–Trinajstić information content (AvgIpc) is 2.88. The zero-order valence-corrected chi connectivity index (χ0v) is 11.0. The third-order valence-corrected chi connectivity index (χ3v) is 3.45. The minimum Gasteiger partial charge on any atom is -0.376 e. The zero-order chi connectivity index (χ0) is 13.1. The maximum Gasteiger partial charge on any atom is 0.167 e. The predicted octanol–water partition coefficient (Wildman–Crippen LogP) is 1.94. The molecule has 96 valence electrons. The Bertz CT molecular complexity index is 475. The van der Waals surface area contributed by atoms with Crippen LogP contribution in [0.2, 0.25) is 0 Å². The van der Waals surface area contributed by atoms with E-state index in [0.29, 0.717) is 11.4 Å². The first-order valence-corrected chi connectivity index (χ1v) is 6.25. The monoisotopic (exact) mass is 246 g/mol. The first-order valence-electron chi connectivity index (χ1n) is 6.25. The predicted molar refractivity (Wildman–Crippen MR) is 68.3 cm³/mol. The van der Waals surface area contributed by atoms with E-state index in [9.17, 15) is 5.26 Å². The Kier molecular flexibility index (Phi) is 3.78. The van der Waals surface area contributed by atoms with Crippen molar-refractivity contribution in [2.75, 3.05) is 11.9 Å². The second-order valence-electron chi connectivity index (χ2n) is 4.73. The molecular formula is C13H18N4O. The van der Waals surface area contributed by atoms with Gasteiger partial charge < -0.3 is 10.1 Å². The first kappa shape index (κ1) is 12.8. The average molecular weight is 246 g/mol. The highest BCUT2D eigenvalue weighted by atomic mass is 16.5. The number of nitriles is 1. The molecule has 0 aromatic carbocycles. The molecule has 1 aromatic heterocycles. The van der Waals surface area contributed by atoms with Crippen LogP contribution in [-0.4, -0.2) is 29.0 Å². The number of ether oxygens (including phenoxy) is 1. The number of aromatic nitrogens is 2. The van der Waals surface area contributed by atoms with Gasteiger partial charge in [0.2, 0.25) is 0 Å². The van der Waals surface area contributed by atoms with Crippen molar-refractivity contribution in [1.29, 1.82) is 5.26 Å². The molecule has 0 aliphatic carbocycles. The van der Waals surface area contributed by atoms with E-state index in [-0.39, 0.29) is 12.1 Å². The molecule has 1 N–H and O–H groups in total. The van der Waals surface area contributed by atoms with E-state index in [1.54, 1.807) is 0 Å². The summed E-state index contributed by atoms with van der Waals surface area (Å²) in [7, 11) is 0. The molecule has 1 saturated heterocycles. The molecule has 0 bridgehead atoms. The van der Waals surface area contributed by atoms with E-state index in [4.69, 9.17) is 4.74 Å². The van der Waals surface area contributed by atoms with Crippen molar-refractivity contribution in [2.24, 2.45) is 0 Å². The summed E-state index contributed by atoms with van der Waals surface area (Å²) in [6, 6.07) is 2.33. The second-order valence-corrected chi connectivity index (χ2v) is 4.73. The molecule has 2 rings (SSSR count). The largest absolute Gasteiger partial charge is 0.376 e. The summed E-state index contributed by atoms with van der Waals surface area (Å²) in [5, 5.41) is 20.6. The standard InChI is InChI=1S/C13H18N4O/c1-8-9(2)16-17-13(11(8)7-14)15-10(3)12-5-4-6-18-12/h10,12H,4-6H2,1-3H3,(H,15,17). The number of rotatable bonds is 3. The molecule has 1 aliphatic rings. The molecule has 2 unspecified atom stereocenters. The van der Waals surface area contributed by atoms with Gasteiger partial charge in [-0.05, 0) is 39.2 Å². The number of hydrogen-bond acceptors (Lipinski definition) is 5. The van der Waals surface area contributed by atoms with Gasteiger partial charge in [0.1, 0.15) is 11.6 Å². The Hall–Kier alpha value is -1.67. The summed E-state index contributed by atoms with van der Waals surface area (Å²) in [5.74, 6) is 0.559. The summed E-state index contributed by atoms with van der Waals surface area (Å²) in [6.45, 7) is 6.62. The lowest BCUT2D eigenvalue weighted by Crippen LogP contribution is -2.31. The fourth-order valence-corrected chi connectivity index (χ4v) is 2.15. The Balaban J connectivity index is 2.18. The van der Waals surface area contributed by atoms with Gasteiger partial charge in [-0.3, -0.25) is 0 Å². The van der Waals surface area contributed by atoms with Gasteiger partial charge in [-0.2, -0.15) is 10.4 Å².